The van der Waals surface area contributed by atoms with E-state index < -0.39 is 0 Å². The monoisotopic (exact) mass is 374 g/mol. The predicted molar refractivity (Wildman–Crippen MR) is 110 cm³/mol. The summed E-state index contributed by atoms with van der Waals surface area (Å²) in [5.74, 6) is 0.950. The van der Waals surface area contributed by atoms with Crippen LogP contribution in [0.2, 0.25) is 0 Å². The Labute approximate surface area is 163 Å². The molecule has 1 amide bonds. The van der Waals surface area contributed by atoms with Crippen LogP contribution in [-0.2, 0) is 9.53 Å². The Kier molecular flexibility index (Phi) is 8.10. The van der Waals surface area contributed by atoms with Crippen molar-refractivity contribution in [3.8, 4) is 0 Å². The second kappa shape index (κ2) is 10.3. The lowest BCUT2D eigenvalue weighted by Gasteiger charge is -2.36. The summed E-state index contributed by atoms with van der Waals surface area (Å²) in [5.41, 5.74) is 3.77. The van der Waals surface area contributed by atoms with Gasteiger partial charge < -0.3 is 20.3 Å². The normalized spacial score (nSPS) is 17.9. The number of aryl methyl sites for hydroxylation is 2. The Morgan fingerprint density at radius 3 is 2.78 bits per heavy atom. The van der Waals surface area contributed by atoms with Crippen molar-refractivity contribution in [2.24, 2.45) is 10.9 Å². The summed E-state index contributed by atoms with van der Waals surface area (Å²) in [6, 6.07) is 6.51. The summed E-state index contributed by atoms with van der Waals surface area (Å²) < 4.78 is 6.05. The van der Waals surface area contributed by atoms with E-state index in [9.17, 15) is 4.79 Å². The molecule has 1 aliphatic rings. The molecule has 0 bridgehead atoms. The van der Waals surface area contributed by atoms with Crippen LogP contribution < -0.4 is 10.6 Å². The molecule has 27 heavy (non-hydrogen) atoms. The summed E-state index contributed by atoms with van der Waals surface area (Å²) in [5, 5.41) is 6.28. The molecule has 6 heteroatoms. The summed E-state index contributed by atoms with van der Waals surface area (Å²) in [4.78, 5) is 18.6. The Morgan fingerprint density at radius 2 is 2.11 bits per heavy atom. The first kappa shape index (κ1) is 21.2. The molecule has 2 N–H and O–H groups in total. The van der Waals surface area contributed by atoms with Crippen LogP contribution in [0, 0.1) is 19.8 Å². The molecular formula is C21H34N4O2. The number of rotatable bonds is 6. The molecule has 1 heterocycles. The van der Waals surface area contributed by atoms with E-state index in [1.54, 1.807) is 0 Å². The Morgan fingerprint density at radius 1 is 1.33 bits per heavy atom. The van der Waals surface area contributed by atoms with Gasteiger partial charge in [0.1, 0.15) is 6.10 Å². The fraction of sp³-hybridized carbons (Fsp3) is 0.619. The van der Waals surface area contributed by atoms with Crippen molar-refractivity contribution < 1.29 is 9.53 Å². The second-order valence-electron chi connectivity index (χ2n) is 7.35. The quantitative estimate of drug-likeness (QED) is 0.456. The van der Waals surface area contributed by atoms with E-state index in [0.29, 0.717) is 19.7 Å². The molecule has 0 aliphatic carbocycles. The number of morpholine rings is 1. The molecule has 1 fully saturated rings. The molecule has 0 spiro atoms. The topological polar surface area (TPSA) is 66.0 Å². The number of aliphatic imine (C=N–C) groups is 1. The zero-order valence-electron chi connectivity index (χ0n) is 17.3. The van der Waals surface area contributed by atoms with Crippen molar-refractivity contribution in [2.75, 3.05) is 39.3 Å². The third kappa shape index (κ3) is 6.24. The highest BCUT2D eigenvalue weighted by Gasteiger charge is 2.25. The standard InChI is InChI=1S/C21H34N4O2/c1-6-22-21(24-10-9-23-20(26)15(2)3)25-11-12-27-19(14-25)18-8-7-16(4)13-17(18)5/h7-8,13,15,19H,6,9-12,14H2,1-5H3,(H,22,24)(H,23,26). The average molecular weight is 375 g/mol. The first-order valence-electron chi connectivity index (χ1n) is 9.92. The van der Waals surface area contributed by atoms with Gasteiger partial charge in [0.15, 0.2) is 5.96 Å². The molecule has 150 valence electrons. The van der Waals surface area contributed by atoms with Gasteiger partial charge in [0, 0.05) is 25.6 Å². The minimum atomic E-state index is -0.0000305. The molecule has 0 aromatic heterocycles. The van der Waals surface area contributed by atoms with Crippen molar-refractivity contribution in [3.63, 3.8) is 0 Å². The largest absolute Gasteiger partial charge is 0.370 e. The minimum absolute atomic E-state index is 0.0000305. The van der Waals surface area contributed by atoms with Gasteiger partial charge >= 0.3 is 0 Å². The van der Waals surface area contributed by atoms with Gasteiger partial charge in [-0.2, -0.15) is 0 Å². The molecule has 0 radical (unpaired) electrons. The number of nitrogens with one attached hydrogen (secondary N) is 2. The number of carbonyl (C=O) groups excluding carboxylic acids is 1. The van der Waals surface area contributed by atoms with Gasteiger partial charge in [-0.05, 0) is 31.9 Å². The van der Waals surface area contributed by atoms with Crippen LogP contribution in [0.3, 0.4) is 0 Å². The summed E-state index contributed by atoms with van der Waals surface area (Å²) in [7, 11) is 0. The number of nitrogens with zero attached hydrogens (tertiary/aromatic N) is 2. The fourth-order valence-electron chi connectivity index (χ4n) is 3.19. The lowest BCUT2D eigenvalue weighted by atomic mass is 10.00. The number of amides is 1. The van der Waals surface area contributed by atoms with Crippen LogP contribution in [0.1, 0.15) is 43.6 Å². The van der Waals surface area contributed by atoms with Crippen molar-refractivity contribution in [1.29, 1.82) is 0 Å². The van der Waals surface area contributed by atoms with Gasteiger partial charge in [-0.25, -0.2) is 0 Å². The smallest absolute Gasteiger partial charge is 0.222 e. The highest BCUT2D eigenvalue weighted by atomic mass is 16.5. The Balaban J connectivity index is 2.01. The maximum Gasteiger partial charge on any atom is 0.222 e. The molecule has 6 nitrogen and oxygen atoms in total. The highest BCUT2D eigenvalue weighted by Crippen LogP contribution is 2.25. The first-order chi connectivity index (χ1) is 12.9. The second-order valence-corrected chi connectivity index (χ2v) is 7.35. The van der Waals surface area contributed by atoms with Crippen LogP contribution in [0.25, 0.3) is 0 Å². The first-order valence-corrected chi connectivity index (χ1v) is 9.92. The highest BCUT2D eigenvalue weighted by molar-refractivity contribution is 5.80. The molecular weight excluding hydrogens is 340 g/mol. The third-order valence-electron chi connectivity index (χ3n) is 4.67. The number of carbonyl (C=O) groups is 1. The van der Waals surface area contributed by atoms with Gasteiger partial charge in [-0.3, -0.25) is 9.79 Å². The van der Waals surface area contributed by atoms with E-state index in [-0.39, 0.29) is 17.9 Å². The van der Waals surface area contributed by atoms with Crippen molar-refractivity contribution in [1.82, 2.24) is 15.5 Å². The molecule has 2 rings (SSSR count). The van der Waals surface area contributed by atoms with Crippen molar-refractivity contribution in [3.05, 3.63) is 34.9 Å². The Bertz CT molecular complexity index is 658. The van der Waals surface area contributed by atoms with E-state index in [1.807, 2.05) is 13.8 Å². The number of hydrogen-bond acceptors (Lipinski definition) is 3. The van der Waals surface area contributed by atoms with Crippen LogP contribution in [0.15, 0.2) is 23.2 Å². The van der Waals surface area contributed by atoms with Gasteiger partial charge in [0.05, 0.1) is 19.7 Å². The van der Waals surface area contributed by atoms with E-state index in [2.05, 4.69) is 54.5 Å². The summed E-state index contributed by atoms with van der Waals surface area (Å²) in [6.45, 7) is 14.3. The maximum atomic E-state index is 11.7. The third-order valence-corrected chi connectivity index (χ3v) is 4.67. The minimum Gasteiger partial charge on any atom is -0.370 e. The zero-order valence-corrected chi connectivity index (χ0v) is 17.3. The SMILES string of the molecule is CCNC(=NCCNC(=O)C(C)C)N1CCOC(c2ccc(C)cc2C)C1. The number of guanidine groups is 1. The molecule has 1 aromatic rings. The lowest BCUT2D eigenvalue weighted by Crippen LogP contribution is -2.48. The van der Waals surface area contributed by atoms with Crippen molar-refractivity contribution in [2.45, 2.75) is 40.7 Å². The average Bonchev–Trinajstić information content (AvgIpc) is 2.64. The van der Waals surface area contributed by atoms with E-state index in [0.717, 1.165) is 25.6 Å². The van der Waals surface area contributed by atoms with Crippen molar-refractivity contribution >= 4 is 11.9 Å². The van der Waals surface area contributed by atoms with Crippen LogP contribution >= 0.6 is 0 Å². The van der Waals surface area contributed by atoms with E-state index >= 15 is 0 Å². The van der Waals surface area contributed by atoms with Gasteiger partial charge in [0.2, 0.25) is 5.91 Å². The number of hydrogen-bond donors (Lipinski definition) is 2. The Hall–Kier alpha value is -2.08. The number of ether oxygens (including phenoxy) is 1. The van der Waals surface area contributed by atoms with Gasteiger partial charge in [-0.15, -0.1) is 0 Å². The van der Waals surface area contributed by atoms with E-state index in [1.165, 1.54) is 16.7 Å². The summed E-state index contributed by atoms with van der Waals surface area (Å²) >= 11 is 0. The predicted octanol–water partition coefficient (Wildman–Crippen LogP) is 2.41. The molecule has 0 saturated carbocycles. The molecule has 1 aliphatic heterocycles. The molecule has 1 unspecified atom stereocenters. The van der Waals surface area contributed by atoms with Gasteiger partial charge in [-0.1, -0.05) is 37.6 Å². The summed E-state index contributed by atoms with van der Waals surface area (Å²) in [6.07, 6.45) is 0.0452. The van der Waals surface area contributed by atoms with Gasteiger partial charge in [0.25, 0.3) is 0 Å². The fourth-order valence-corrected chi connectivity index (χ4v) is 3.19. The van der Waals surface area contributed by atoms with Crippen LogP contribution in [0.5, 0.6) is 0 Å². The van der Waals surface area contributed by atoms with E-state index in [4.69, 9.17) is 9.73 Å². The lowest BCUT2D eigenvalue weighted by molar-refractivity contribution is -0.123. The molecule has 1 atom stereocenters. The van der Waals surface area contributed by atoms with Crippen LogP contribution in [-0.4, -0.2) is 56.1 Å². The zero-order chi connectivity index (χ0) is 19.8. The van der Waals surface area contributed by atoms with Crippen LogP contribution in [0.4, 0.5) is 0 Å². The molecule has 1 saturated heterocycles. The maximum absolute atomic E-state index is 11.7. The number of benzene rings is 1. The molecule has 1 aromatic carbocycles.